The standard InChI is InChI=1S/C13H13FN2O2/c14-9-1-4-11-8(5-9)6-13(18)16(11)7-12(17)15-10-2-3-10/h1,4-5,10H,2-3,6-7H2,(H,15,17). The van der Waals surface area contributed by atoms with Gasteiger partial charge in [0.15, 0.2) is 0 Å². The number of carbonyl (C=O) groups is 2. The Kier molecular flexibility index (Phi) is 2.54. The summed E-state index contributed by atoms with van der Waals surface area (Å²) in [5, 5.41) is 2.84. The highest BCUT2D eigenvalue weighted by molar-refractivity contribution is 6.05. The molecule has 1 N–H and O–H groups in total. The monoisotopic (exact) mass is 248 g/mol. The molecule has 1 aliphatic carbocycles. The van der Waals surface area contributed by atoms with E-state index in [9.17, 15) is 14.0 Å². The van der Waals surface area contributed by atoms with Crippen molar-refractivity contribution in [3.05, 3.63) is 29.6 Å². The summed E-state index contributed by atoms with van der Waals surface area (Å²) in [4.78, 5) is 24.9. The molecule has 0 atom stereocenters. The summed E-state index contributed by atoms with van der Waals surface area (Å²) in [5.41, 5.74) is 1.30. The molecule has 18 heavy (non-hydrogen) atoms. The third-order valence-corrected chi connectivity index (χ3v) is 3.22. The Labute approximate surface area is 104 Å². The summed E-state index contributed by atoms with van der Waals surface area (Å²) >= 11 is 0. The average Bonchev–Trinajstić information content (AvgIpc) is 3.05. The molecule has 2 aliphatic rings. The van der Waals surface area contributed by atoms with Crippen molar-refractivity contribution in [2.75, 3.05) is 11.4 Å². The van der Waals surface area contributed by atoms with Crippen molar-refractivity contribution in [3.8, 4) is 0 Å². The van der Waals surface area contributed by atoms with E-state index in [1.807, 2.05) is 0 Å². The Morgan fingerprint density at radius 1 is 1.44 bits per heavy atom. The minimum atomic E-state index is -0.356. The third kappa shape index (κ3) is 2.08. The van der Waals surface area contributed by atoms with Gasteiger partial charge in [-0.1, -0.05) is 0 Å². The van der Waals surface area contributed by atoms with E-state index >= 15 is 0 Å². The highest BCUT2D eigenvalue weighted by Gasteiger charge is 2.30. The van der Waals surface area contributed by atoms with Crippen molar-refractivity contribution < 1.29 is 14.0 Å². The zero-order valence-electron chi connectivity index (χ0n) is 9.78. The molecule has 0 radical (unpaired) electrons. The highest BCUT2D eigenvalue weighted by atomic mass is 19.1. The van der Waals surface area contributed by atoms with Gasteiger partial charge in [-0.05, 0) is 36.6 Å². The van der Waals surface area contributed by atoms with Gasteiger partial charge in [-0.15, -0.1) is 0 Å². The van der Waals surface area contributed by atoms with Gasteiger partial charge < -0.3 is 10.2 Å². The van der Waals surface area contributed by atoms with Crippen LogP contribution >= 0.6 is 0 Å². The van der Waals surface area contributed by atoms with Crippen molar-refractivity contribution in [1.29, 1.82) is 0 Å². The van der Waals surface area contributed by atoms with Crippen LogP contribution in [0.2, 0.25) is 0 Å². The van der Waals surface area contributed by atoms with E-state index < -0.39 is 0 Å². The second-order valence-electron chi connectivity index (χ2n) is 4.77. The normalized spacial score (nSPS) is 17.8. The smallest absolute Gasteiger partial charge is 0.240 e. The molecule has 4 nitrogen and oxygen atoms in total. The van der Waals surface area contributed by atoms with Crippen molar-refractivity contribution in [1.82, 2.24) is 5.32 Å². The van der Waals surface area contributed by atoms with Gasteiger partial charge in [-0.2, -0.15) is 0 Å². The van der Waals surface area contributed by atoms with E-state index in [-0.39, 0.29) is 36.6 Å². The molecule has 3 rings (SSSR count). The van der Waals surface area contributed by atoms with Crippen LogP contribution in [0.15, 0.2) is 18.2 Å². The molecule has 1 saturated carbocycles. The lowest BCUT2D eigenvalue weighted by atomic mass is 10.1. The summed E-state index contributed by atoms with van der Waals surface area (Å²) < 4.78 is 13.0. The topological polar surface area (TPSA) is 49.4 Å². The summed E-state index contributed by atoms with van der Waals surface area (Å²) in [6, 6.07) is 4.50. The van der Waals surface area contributed by atoms with Gasteiger partial charge in [-0.25, -0.2) is 4.39 Å². The van der Waals surface area contributed by atoms with E-state index in [0.29, 0.717) is 11.3 Å². The Morgan fingerprint density at radius 2 is 2.22 bits per heavy atom. The lowest BCUT2D eigenvalue weighted by Gasteiger charge is -2.16. The summed E-state index contributed by atoms with van der Waals surface area (Å²) in [6.07, 6.45) is 2.20. The third-order valence-electron chi connectivity index (χ3n) is 3.22. The SMILES string of the molecule is O=C(CN1C(=O)Cc2cc(F)ccc21)NC1CC1. The Bertz CT molecular complexity index is 526. The minimum absolute atomic E-state index is 0.0218. The molecule has 0 saturated heterocycles. The van der Waals surface area contributed by atoms with Crippen LogP contribution in [-0.2, 0) is 16.0 Å². The first-order valence-corrected chi connectivity index (χ1v) is 6.01. The van der Waals surface area contributed by atoms with E-state index in [1.54, 1.807) is 6.07 Å². The first kappa shape index (κ1) is 11.2. The summed E-state index contributed by atoms with van der Waals surface area (Å²) in [7, 11) is 0. The second-order valence-corrected chi connectivity index (χ2v) is 4.77. The summed E-state index contributed by atoms with van der Waals surface area (Å²) in [5.74, 6) is -0.657. The molecule has 0 bridgehead atoms. The first-order chi connectivity index (χ1) is 8.63. The van der Waals surface area contributed by atoms with Crippen LogP contribution in [0.4, 0.5) is 10.1 Å². The number of hydrogen-bond donors (Lipinski definition) is 1. The van der Waals surface area contributed by atoms with Crippen molar-refractivity contribution >= 4 is 17.5 Å². The predicted molar refractivity (Wildman–Crippen MR) is 63.6 cm³/mol. The first-order valence-electron chi connectivity index (χ1n) is 6.01. The maximum absolute atomic E-state index is 13.0. The van der Waals surface area contributed by atoms with Crippen LogP contribution in [0.3, 0.4) is 0 Å². The number of nitrogens with zero attached hydrogens (tertiary/aromatic N) is 1. The van der Waals surface area contributed by atoms with Gasteiger partial charge in [-0.3, -0.25) is 9.59 Å². The van der Waals surface area contributed by atoms with Crippen LogP contribution < -0.4 is 10.2 Å². The van der Waals surface area contributed by atoms with Crippen molar-refractivity contribution in [3.63, 3.8) is 0 Å². The molecular formula is C13H13FN2O2. The molecule has 0 spiro atoms. The molecule has 5 heteroatoms. The quantitative estimate of drug-likeness (QED) is 0.867. The minimum Gasteiger partial charge on any atom is -0.352 e. The number of hydrogen-bond acceptors (Lipinski definition) is 2. The predicted octanol–water partition coefficient (Wildman–Crippen LogP) is 0.993. The van der Waals surface area contributed by atoms with Crippen LogP contribution in [0.5, 0.6) is 0 Å². The van der Waals surface area contributed by atoms with Crippen LogP contribution in [-0.4, -0.2) is 24.4 Å². The lowest BCUT2D eigenvalue weighted by Crippen LogP contribution is -2.39. The molecule has 0 aromatic heterocycles. The van der Waals surface area contributed by atoms with Gasteiger partial charge in [0.1, 0.15) is 12.4 Å². The molecule has 94 valence electrons. The second kappa shape index (κ2) is 4.08. The molecular weight excluding hydrogens is 235 g/mol. The maximum atomic E-state index is 13.0. The fourth-order valence-corrected chi connectivity index (χ4v) is 2.17. The largest absolute Gasteiger partial charge is 0.352 e. The molecule has 1 aromatic rings. The molecule has 0 unspecified atom stereocenters. The number of halogens is 1. The zero-order valence-corrected chi connectivity index (χ0v) is 9.78. The molecule has 1 aromatic carbocycles. The van der Waals surface area contributed by atoms with E-state index in [2.05, 4.69) is 5.32 Å². The van der Waals surface area contributed by atoms with Crippen LogP contribution in [0.1, 0.15) is 18.4 Å². The number of amides is 2. The van der Waals surface area contributed by atoms with Gasteiger partial charge in [0, 0.05) is 11.7 Å². The lowest BCUT2D eigenvalue weighted by molar-refractivity contribution is -0.123. The number of carbonyl (C=O) groups excluding carboxylic acids is 2. The zero-order chi connectivity index (χ0) is 12.7. The average molecular weight is 248 g/mol. The molecule has 1 heterocycles. The molecule has 1 aliphatic heterocycles. The van der Waals surface area contributed by atoms with E-state index in [0.717, 1.165) is 12.8 Å². The van der Waals surface area contributed by atoms with Crippen LogP contribution in [0, 0.1) is 5.82 Å². The molecule has 2 amide bonds. The number of anilines is 1. The van der Waals surface area contributed by atoms with Gasteiger partial charge in [0.05, 0.1) is 6.42 Å². The summed E-state index contributed by atoms with van der Waals surface area (Å²) in [6.45, 7) is 0.0218. The van der Waals surface area contributed by atoms with Gasteiger partial charge in [0.2, 0.25) is 11.8 Å². The van der Waals surface area contributed by atoms with E-state index in [4.69, 9.17) is 0 Å². The maximum Gasteiger partial charge on any atom is 0.240 e. The molecule has 1 fully saturated rings. The number of nitrogens with one attached hydrogen (secondary N) is 1. The Hall–Kier alpha value is -1.91. The van der Waals surface area contributed by atoms with Gasteiger partial charge in [0.25, 0.3) is 0 Å². The number of fused-ring (bicyclic) bond motifs is 1. The number of benzene rings is 1. The van der Waals surface area contributed by atoms with Crippen molar-refractivity contribution in [2.45, 2.75) is 25.3 Å². The highest BCUT2D eigenvalue weighted by Crippen LogP contribution is 2.29. The van der Waals surface area contributed by atoms with Crippen LogP contribution in [0.25, 0.3) is 0 Å². The Morgan fingerprint density at radius 3 is 2.94 bits per heavy atom. The fourth-order valence-electron chi connectivity index (χ4n) is 2.17. The Balaban J connectivity index is 1.76. The van der Waals surface area contributed by atoms with Crippen molar-refractivity contribution in [2.24, 2.45) is 0 Å². The number of rotatable bonds is 3. The fraction of sp³-hybridized carbons (Fsp3) is 0.385. The van der Waals surface area contributed by atoms with Gasteiger partial charge >= 0.3 is 0 Å². The van der Waals surface area contributed by atoms with E-state index in [1.165, 1.54) is 17.0 Å².